The minimum atomic E-state index is -0.565. The Morgan fingerprint density at radius 2 is 1.54 bits per heavy atom. The third-order valence-corrected chi connectivity index (χ3v) is 5.24. The van der Waals surface area contributed by atoms with Crippen LogP contribution in [0, 0.1) is 0 Å². The second-order valence-corrected chi connectivity index (χ2v) is 7.00. The van der Waals surface area contributed by atoms with Crippen molar-refractivity contribution in [2.45, 2.75) is 25.5 Å². The molecule has 1 unspecified atom stereocenters. The van der Waals surface area contributed by atoms with Crippen LogP contribution in [0.2, 0.25) is 0 Å². The predicted molar refractivity (Wildman–Crippen MR) is 97.9 cm³/mol. The van der Waals surface area contributed by atoms with Gasteiger partial charge in [0, 0.05) is 26.2 Å². The van der Waals surface area contributed by atoms with Gasteiger partial charge in [0.15, 0.2) is 0 Å². The molecule has 0 spiro atoms. The molecule has 1 N–H and O–H groups in total. The molecule has 5 nitrogen and oxygen atoms in total. The number of carbonyl (C=O) groups is 2. The van der Waals surface area contributed by atoms with Gasteiger partial charge >= 0.3 is 0 Å². The fraction of sp³-hybridized carbons (Fsp3) is 0.333. The molecule has 0 radical (unpaired) electrons. The molecule has 1 atom stereocenters. The molecular weight excluding hydrogens is 328 g/mol. The van der Waals surface area contributed by atoms with Gasteiger partial charge in [0.25, 0.3) is 11.8 Å². The molecule has 0 aromatic heterocycles. The van der Waals surface area contributed by atoms with Crippen molar-refractivity contribution in [3.8, 4) is 0 Å². The standard InChI is InChI=1S/C21H22N2O3/c24-17(14-22-11-9-15-5-1-2-6-16(15)13-22)10-12-23-20(25)18-7-3-4-8-19(18)21(23)26/h1-8,17,24H,9-14H2. The average Bonchev–Trinajstić information content (AvgIpc) is 2.91. The van der Waals surface area contributed by atoms with Crippen LogP contribution in [-0.4, -0.2) is 52.5 Å². The highest BCUT2D eigenvalue weighted by molar-refractivity contribution is 6.21. The summed E-state index contributed by atoms with van der Waals surface area (Å²) >= 11 is 0. The lowest BCUT2D eigenvalue weighted by molar-refractivity contribution is 0.0586. The Morgan fingerprint density at radius 3 is 2.23 bits per heavy atom. The molecule has 0 saturated heterocycles. The molecule has 0 saturated carbocycles. The monoisotopic (exact) mass is 350 g/mol. The number of imide groups is 1. The predicted octanol–water partition coefficient (Wildman–Crippen LogP) is 2.09. The van der Waals surface area contributed by atoms with Crippen molar-refractivity contribution in [2.75, 3.05) is 19.6 Å². The lowest BCUT2D eigenvalue weighted by Crippen LogP contribution is -2.39. The number of benzene rings is 2. The number of hydrogen-bond donors (Lipinski definition) is 1. The minimum Gasteiger partial charge on any atom is -0.392 e. The molecule has 4 rings (SSSR count). The van der Waals surface area contributed by atoms with Gasteiger partial charge in [-0.25, -0.2) is 0 Å². The summed E-state index contributed by atoms with van der Waals surface area (Å²) in [5.41, 5.74) is 3.61. The van der Waals surface area contributed by atoms with Gasteiger partial charge in [0.05, 0.1) is 17.2 Å². The summed E-state index contributed by atoms with van der Waals surface area (Å²) in [5.74, 6) is -0.519. The summed E-state index contributed by atoms with van der Waals surface area (Å²) in [5, 5.41) is 10.4. The van der Waals surface area contributed by atoms with E-state index in [9.17, 15) is 14.7 Å². The topological polar surface area (TPSA) is 60.9 Å². The number of β-amino-alcohol motifs (C(OH)–C–C–N with tert-alkyl or cyclic N) is 1. The summed E-state index contributed by atoms with van der Waals surface area (Å²) in [6, 6.07) is 15.3. The number of hydrogen-bond acceptors (Lipinski definition) is 4. The van der Waals surface area contributed by atoms with Crippen molar-refractivity contribution in [3.05, 3.63) is 70.8 Å². The lowest BCUT2D eigenvalue weighted by Gasteiger charge is -2.30. The smallest absolute Gasteiger partial charge is 0.261 e. The van der Waals surface area contributed by atoms with Crippen molar-refractivity contribution in [1.82, 2.24) is 9.80 Å². The van der Waals surface area contributed by atoms with Crippen LogP contribution >= 0.6 is 0 Å². The quantitative estimate of drug-likeness (QED) is 0.839. The van der Waals surface area contributed by atoms with E-state index in [1.165, 1.54) is 16.0 Å². The van der Waals surface area contributed by atoms with Crippen LogP contribution in [0.15, 0.2) is 48.5 Å². The number of fused-ring (bicyclic) bond motifs is 2. The van der Waals surface area contributed by atoms with E-state index in [-0.39, 0.29) is 18.4 Å². The Morgan fingerprint density at radius 1 is 0.923 bits per heavy atom. The Kier molecular flexibility index (Phi) is 4.57. The lowest BCUT2D eigenvalue weighted by atomic mass is 9.99. The molecular formula is C21H22N2O3. The van der Waals surface area contributed by atoms with Crippen LogP contribution in [0.25, 0.3) is 0 Å². The van der Waals surface area contributed by atoms with E-state index in [4.69, 9.17) is 0 Å². The highest BCUT2D eigenvalue weighted by Gasteiger charge is 2.35. The van der Waals surface area contributed by atoms with E-state index in [1.54, 1.807) is 24.3 Å². The van der Waals surface area contributed by atoms with Gasteiger partial charge in [0.2, 0.25) is 0 Å². The molecule has 2 heterocycles. The maximum Gasteiger partial charge on any atom is 0.261 e. The van der Waals surface area contributed by atoms with Crippen LogP contribution in [0.1, 0.15) is 38.3 Å². The number of rotatable bonds is 5. The largest absolute Gasteiger partial charge is 0.392 e. The molecule has 0 aliphatic carbocycles. The van der Waals surface area contributed by atoms with Gasteiger partial charge in [-0.15, -0.1) is 0 Å². The van der Waals surface area contributed by atoms with Gasteiger partial charge in [-0.3, -0.25) is 19.4 Å². The Balaban J connectivity index is 1.32. The van der Waals surface area contributed by atoms with Crippen LogP contribution in [0.5, 0.6) is 0 Å². The van der Waals surface area contributed by atoms with Crippen LogP contribution in [0.4, 0.5) is 0 Å². The number of amides is 2. The van der Waals surface area contributed by atoms with Crippen LogP contribution in [0.3, 0.4) is 0 Å². The zero-order valence-electron chi connectivity index (χ0n) is 14.6. The number of aliphatic hydroxyl groups excluding tert-OH is 1. The second kappa shape index (κ2) is 7.02. The van der Waals surface area contributed by atoms with E-state index in [1.807, 2.05) is 6.07 Å². The van der Waals surface area contributed by atoms with Crippen molar-refractivity contribution in [3.63, 3.8) is 0 Å². The summed E-state index contributed by atoms with van der Waals surface area (Å²) in [4.78, 5) is 28.2. The molecule has 134 valence electrons. The van der Waals surface area contributed by atoms with Crippen molar-refractivity contribution < 1.29 is 14.7 Å². The summed E-state index contributed by atoms with van der Waals surface area (Å²) < 4.78 is 0. The fourth-order valence-electron chi connectivity index (χ4n) is 3.82. The van der Waals surface area contributed by atoms with Crippen LogP contribution in [-0.2, 0) is 13.0 Å². The molecule has 5 heteroatoms. The first-order valence-corrected chi connectivity index (χ1v) is 9.06. The van der Waals surface area contributed by atoms with Gasteiger partial charge in [0.1, 0.15) is 0 Å². The second-order valence-electron chi connectivity index (χ2n) is 7.00. The number of nitrogens with zero attached hydrogens (tertiary/aromatic N) is 2. The Bertz CT molecular complexity index is 814. The van der Waals surface area contributed by atoms with Crippen LogP contribution < -0.4 is 0 Å². The van der Waals surface area contributed by atoms with Gasteiger partial charge in [-0.05, 0) is 36.1 Å². The van der Waals surface area contributed by atoms with E-state index in [2.05, 4.69) is 23.1 Å². The van der Waals surface area contributed by atoms with Gasteiger partial charge in [-0.1, -0.05) is 36.4 Å². The maximum atomic E-state index is 12.4. The molecule has 2 aliphatic rings. The molecule has 2 aromatic carbocycles. The molecule has 2 amide bonds. The fourth-order valence-corrected chi connectivity index (χ4v) is 3.82. The molecule has 0 bridgehead atoms. The summed E-state index contributed by atoms with van der Waals surface area (Å²) in [6.07, 6.45) is 0.815. The highest BCUT2D eigenvalue weighted by atomic mass is 16.3. The number of carbonyl (C=O) groups excluding carboxylic acids is 2. The SMILES string of the molecule is O=C1c2ccccc2C(=O)N1CCC(O)CN1CCc2ccccc2C1. The normalized spacial score (nSPS) is 18.0. The van der Waals surface area contributed by atoms with Crippen molar-refractivity contribution >= 4 is 11.8 Å². The first-order chi connectivity index (χ1) is 12.6. The minimum absolute atomic E-state index is 0.248. The Hall–Kier alpha value is -2.50. The van der Waals surface area contributed by atoms with Gasteiger partial charge in [-0.2, -0.15) is 0 Å². The highest BCUT2D eigenvalue weighted by Crippen LogP contribution is 2.23. The molecule has 2 aromatic rings. The molecule has 2 aliphatic heterocycles. The number of aliphatic hydroxyl groups is 1. The van der Waals surface area contributed by atoms with E-state index in [0.717, 1.165) is 19.5 Å². The molecule has 0 fully saturated rings. The van der Waals surface area contributed by atoms with E-state index < -0.39 is 6.10 Å². The average molecular weight is 350 g/mol. The Labute approximate surface area is 152 Å². The van der Waals surface area contributed by atoms with Crippen molar-refractivity contribution in [2.24, 2.45) is 0 Å². The summed E-state index contributed by atoms with van der Waals surface area (Å²) in [6.45, 7) is 2.55. The first kappa shape index (κ1) is 16.9. The van der Waals surface area contributed by atoms with E-state index in [0.29, 0.717) is 24.1 Å². The third-order valence-electron chi connectivity index (χ3n) is 5.24. The molecule has 26 heavy (non-hydrogen) atoms. The summed E-state index contributed by atoms with van der Waals surface area (Å²) in [7, 11) is 0. The zero-order valence-corrected chi connectivity index (χ0v) is 14.6. The third kappa shape index (κ3) is 3.16. The van der Waals surface area contributed by atoms with Gasteiger partial charge < -0.3 is 5.11 Å². The van der Waals surface area contributed by atoms with E-state index >= 15 is 0 Å². The van der Waals surface area contributed by atoms with Crippen molar-refractivity contribution in [1.29, 1.82) is 0 Å². The first-order valence-electron chi connectivity index (χ1n) is 9.06. The zero-order chi connectivity index (χ0) is 18.1. The maximum absolute atomic E-state index is 12.4.